The van der Waals surface area contributed by atoms with E-state index >= 15 is 0 Å². The SMILES string of the molecule is N#CC[C@H]1CN(c2cc(C(=O)Nc3cc(O)cc4ccccc34)nc(-c3cccnc3)n2)CCN1. The summed E-state index contributed by atoms with van der Waals surface area (Å²) in [7, 11) is 0. The number of piperazine rings is 1. The normalized spacial score (nSPS) is 15.5. The highest BCUT2D eigenvalue weighted by Gasteiger charge is 2.23. The first-order chi connectivity index (χ1) is 17.1. The van der Waals surface area contributed by atoms with Crippen LogP contribution >= 0.6 is 0 Å². The van der Waals surface area contributed by atoms with Crippen molar-refractivity contribution in [3.05, 3.63) is 72.7 Å². The lowest BCUT2D eigenvalue weighted by Crippen LogP contribution is -2.51. The third-order valence-electron chi connectivity index (χ3n) is 5.88. The third kappa shape index (κ3) is 4.88. The zero-order valence-electron chi connectivity index (χ0n) is 18.8. The van der Waals surface area contributed by atoms with Crippen LogP contribution in [-0.4, -0.2) is 51.6 Å². The van der Waals surface area contributed by atoms with Gasteiger partial charge in [-0.1, -0.05) is 24.3 Å². The van der Waals surface area contributed by atoms with E-state index in [-0.39, 0.29) is 17.5 Å². The Hall–Kier alpha value is -4.55. The van der Waals surface area contributed by atoms with E-state index in [1.54, 1.807) is 30.6 Å². The molecule has 3 N–H and O–H groups in total. The quantitative estimate of drug-likeness (QED) is 0.410. The number of anilines is 2. The number of amides is 1. The van der Waals surface area contributed by atoms with Crippen molar-refractivity contribution in [2.75, 3.05) is 29.9 Å². The number of nitrogens with zero attached hydrogens (tertiary/aromatic N) is 5. The van der Waals surface area contributed by atoms with Crippen LogP contribution in [0.2, 0.25) is 0 Å². The molecule has 9 heteroatoms. The number of pyridine rings is 1. The van der Waals surface area contributed by atoms with Gasteiger partial charge in [0.2, 0.25) is 0 Å². The van der Waals surface area contributed by atoms with Crippen molar-refractivity contribution in [1.29, 1.82) is 5.26 Å². The zero-order valence-corrected chi connectivity index (χ0v) is 18.8. The number of hydrogen-bond donors (Lipinski definition) is 3. The fourth-order valence-corrected chi connectivity index (χ4v) is 4.20. The number of nitrogens with one attached hydrogen (secondary N) is 2. The molecule has 35 heavy (non-hydrogen) atoms. The maximum Gasteiger partial charge on any atom is 0.274 e. The summed E-state index contributed by atoms with van der Waals surface area (Å²) in [6.45, 7) is 1.98. The molecule has 1 saturated heterocycles. The van der Waals surface area contributed by atoms with E-state index in [0.717, 1.165) is 10.8 Å². The van der Waals surface area contributed by atoms with Crippen molar-refractivity contribution in [3.8, 4) is 23.2 Å². The molecule has 1 aliphatic rings. The predicted octanol–water partition coefficient (Wildman–Crippen LogP) is 3.34. The molecule has 0 saturated carbocycles. The van der Waals surface area contributed by atoms with E-state index in [2.05, 4.69) is 31.6 Å². The van der Waals surface area contributed by atoms with Crippen LogP contribution < -0.4 is 15.5 Å². The lowest BCUT2D eigenvalue weighted by atomic mass is 10.1. The molecule has 1 amide bonds. The minimum Gasteiger partial charge on any atom is -0.508 e. The predicted molar refractivity (Wildman–Crippen MR) is 133 cm³/mol. The van der Waals surface area contributed by atoms with Crippen LogP contribution in [0.15, 0.2) is 67.0 Å². The second kappa shape index (κ2) is 9.75. The van der Waals surface area contributed by atoms with Crippen molar-refractivity contribution in [1.82, 2.24) is 20.3 Å². The van der Waals surface area contributed by atoms with E-state index < -0.39 is 5.91 Å². The molecule has 1 atom stereocenters. The highest BCUT2D eigenvalue weighted by molar-refractivity contribution is 6.09. The topological polar surface area (TPSA) is 127 Å². The minimum atomic E-state index is -0.418. The average molecular weight is 466 g/mol. The first-order valence-corrected chi connectivity index (χ1v) is 11.3. The van der Waals surface area contributed by atoms with Crippen molar-refractivity contribution >= 4 is 28.2 Å². The summed E-state index contributed by atoms with van der Waals surface area (Å²) in [6.07, 6.45) is 3.70. The Morgan fingerprint density at radius 1 is 1.20 bits per heavy atom. The van der Waals surface area contributed by atoms with Crippen LogP contribution in [0.3, 0.4) is 0 Å². The van der Waals surface area contributed by atoms with E-state index in [1.807, 2.05) is 30.3 Å². The highest BCUT2D eigenvalue weighted by Crippen LogP contribution is 2.29. The molecule has 0 bridgehead atoms. The first kappa shape index (κ1) is 22.3. The summed E-state index contributed by atoms with van der Waals surface area (Å²) in [5, 5.41) is 27.1. The van der Waals surface area contributed by atoms with Gasteiger partial charge in [0, 0.05) is 61.2 Å². The number of benzene rings is 2. The summed E-state index contributed by atoms with van der Waals surface area (Å²) < 4.78 is 0. The van der Waals surface area contributed by atoms with E-state index in [9.17, 15) is 9.90 Å². The van der Waals surface area contributed by atoms with Crippen LogP contribution in [0.5, 0.6) is 5.75 Å². The first-order valence-electron chi connectivity index (χ1n) is 11.3. The van der Waals surface area contributed by atoms with E-state index in [0.29, 0.717) is 48.9 Å². The fourth-order valence-electron chi connectivity index (χ4n) is 4.20. The molecule has 0 spiro atoms. The van der Waals surface area contributed by atoms with Crippen LogP contribution in [0.4, 0.5) is 11.5 Å². The molecule has 2 aromatic carbocycles. The van der Waals surface area contributed by atoms with Gasteiger partial charge >= 0.3 is 0 Å². The van der Waals surface area contributed by atoms with Gasteiger partial charge in [-0.15, -0.1) is 0 Å². The van der Waals surface area contributed by atoms with Gasteiger partial charge in [0.25, 0.3) is 5.91 Å². The summed E-state index contributed by atoms with van der Waals surface area (Å²) in [4.78, 5) is 28.8. The Labute approximate surface area is 202 Å². The molecule has 5 rings (SSSR count). The van der Waals surface area contributed by atoms with Crippen molar-refractivity contribution < 1.29 is 9.90 Å². The summed E-state index contributed by atoms with van der Waals surface area (Å²) in [5.74, 6) is 0.632. The number of carbonyl (C=O) groups is 1. The van der Waals surface area contributed by atoms with Crippen molar-refractivity contribution in [2.45, 2.75) is 12.5 Å². The summed E-state index contributed by atoms with van der Waals surface area (Å²) >= 11 is 0. The minimum absolute atomic E-state index is 0.0153. The molecule has 174 valence electrons. The number of aromatic nitrogens is 3. The Balaban J connectivity index is 1.52. The van der Waals surface area contributed by atoms with Crippen LogP contribution in [0.1, 0.15) is 16.9 Å². The van der Waals surface area contributed by atoms with Crippen LogP contribution in [0.25, 0.3) is 22.2 Å². The number of nitriles is 1. The lowest BCUT2D eigenvalue weighted by molar-refractivity contribution is 0.102. The van der Waals surface area contributed by atoms with Gasteiger partial charge in [-0.25, -0.2) is 9.97 Å². The number of hydrogen-bond acceptors (Lipinski definition) is 8. The van der Waals surface area contributed by atoms with Crippen molar-refractivity contribution in [3.63, 3.8) is 0 Å². The number of carbonyl (C=O) groups excluding carboxylic acids is 1. The molecule has 0 radical (unpaired) electrons. The van der Waals surface area contributed by atoms with Crippen LogP contribution in [-0.2, 0) is 0 Å². The van der Waals surface area contributed by atoms with Gasteiger partial charge < -0.3 is 20.6 Å². The highest BCUT2D eigenvalue weighted by atomic mass is 16.3. The number of fused-ring (bicyclic) bond motifs is 1. The molecule has 0 unspecified atom stereocenters. The molecule has 2 aromatic heterocycles. The maximum absolute atomic E-state index is 13.4. The Morgan fingerprint density at radius 3 is 2.91 bits per heavy atom. The zero-order chi connectivity index (χ0) is 24.2. The molecule has 3 heterocycles. The number of aromatic hydroxyl groups is 1. The molecule has 4 aromatic rings. The van der Waals surface area contributed by atoms with Crippen LogP contribution in [0, 0.1) is 11.3 Å². The number of rotatable bonds is 5. The number of phenolic OH excluding ortho intramolecular Hbond substituents is 1. The Bertz CT molecular complexity index is 1420. The van der Waals surface area contributed by atoms with Gasteiger partial charge in [-0.05, 0) is 23.6 Å². The summed E-state index contributed by atoms with van der Waals surface area (Å²) in [6, 6.07) is 18.2. The Morgan fingerprint density at radius 2 is 2.09 bits per heavy atom. The van der Waals surface area contributed by atoms with E-state index in [4.69, 9.17) is 10.2 Å². The molecular weight excluding hydrogens is 442 g/mol. The second-order valence-electron chi connectivity index (χ2n) is 8.30. The molecular formula is C26H23N7O2. The molecule has 9 nitrogen and oxygen atoms in total. The van der Waals surface area contributed by atoms with E-state index in [1.165, 1.54) is 6.07 Å². The Kier molecular flexibility index (Phi) is 6.20. The maximum atomic E-state index is 13.4. The number of phenols is 1. The van der Waals surface area contributed by atoms with Gasteiger partial charge in [0.15, 0.2) is 5.82 Å². The van der Waals surface area contributed by atoms with Gasteiger partial charge in [0.1, 0.15) is 17.3 Å². The van der Waals surface area contributed by atoms with Crippen molar-refractivity contribution in [2.24, 2.45) is 0 Å². The standard InChI is InChI=1S/C26H23N7O2/c27-8-7-19-16-33(11-10-29-19)24-14-23(30-25(32-24)18-5-3-9-28-15-18)26(35)31-22-13-20(34)12-17-4-1-2-6-21(17)22/h1-6,9,12-15,19,29,34H,7,10-11,16H2,(H,31,35)/t19-/m0/s1. The lowest BCUT2D eigenvalue weighted by Gasteiger charge is -2.33. The average Bonchev–Trinajstić information content (AvgIpc) is 2.89. The van der Waals surface area contributed by atoms with Gasteiger partial charge in [-0.3, -0.25) is 9.78 Å². The second-order valence-corrected chi connectivity index (χ2v) is 8.30. The fraction of sp³-hybridized carbons (Fsp3) is 0.192. The monoisotopic (exact) mass is 465 g/mol. The van der Waals surface area contributed by atoms with Gasteiger partial charge in [0.05, 0.1) is 18.2 Å². The third-order valence-corrected chi connectivity index (χ3v) is 5.88. The molecule has 1 aliphatic heterocycles. The molecule has 1 fully saturated rings. The van der Waals surface area contributed by atoms with Gasteiger partial charge in [-0.2, -0.15) is 5.26 Å². The smallest absolute Gasteiger partial charge is 0.274 e. The summed E-state index contributed by atoms with van der Waals surface area (Å²) in [5.41, 5.74) is 1.37. The molecule has 0 aliphatic carbocycles. The largest absolute Gasteiger partial charge is 0.508 e.